The maximum absolute atomic E-state index is 10.4. The summed E-state index contributed by atoms with van der Waals surface area (Å²) in [5.74, 6) is -1.19. The lowest BCUT2D eigenvalue weighted by Crippen LogP contribution is -2.40. The molecule has 0 aromatic carbocycles. The van der Waals surface area contributed by atoms with Gasteiger partial charge in [-0.05, 0) is 11.9 Å². The summed E-state index contributed by atoms with van der Waals surface area (Å²) in [5.41, 5.74) is 0. The van der Waals surface area contributed by atoms with Crippen LogP contribution >= 0.6 is 35.1 Å². The van der Waals surface area contributed by atoms with Gasteiger partial charge in [0, 0.05) is 5.41 Å². The highest BCUT2D eigenvalue weighted by molar-refractivity contribution is 8.00. The number of hydrogen-bond acceptors (Lipinski definition) is 3. The molecule has 0 saturated heterocycles. The van der Waals surface area contributed by atoms with Crippen LogP contribution in [0.4, 0.5) is 0 Å². The van der Waals surface area contributed by atoms with Crippen molar-refractivity contribution in [3.05, 3.63) is 10.4 Å². The number of carboxylic acid groups (broad SMARTS) is 1. The van der Waals surface area contributed by atoms with Crippen molar-refractivity contribution >= 4 is 41.1 Å². The molecule has 1 atom stereocenters. The highest BCUT2D eigenvalue weighted by Crippen LogP contribution is 2.35. The predicted octanol–water partition coefficient (Wildman–Crippen LogP) is 1.34. The van der Waals surface area contributed by atoms with Crippen LogP contribution in [-0.4, -0.2) is 16.1 Å². The number of carboxylic acids is 1. The molecule has 0 spiro atoms. The van der Waals surface area contributed by atoms with Crippen LogP contribution in [0.3, 0.4) is 0 Å². The molecule has 1 heterocycles. The fourth-order valence-electron chi connectivity index (χ4n) is 0.438. The van der Waals surface area contributed by atoms with Crippen LogP contribution in [0.15, 0.2) is 10.4 Å². The quantitative estimate of drug-likeness (QED) is 0.381. The van der Waals surface area contributed by atoms with E-state index in [1.165, 1.54) is 5.41 Å². The van der Waals surface area contributed by atoms with Crippen LogP contribution in [0.2, 0.25) is 0 Å². The molecule has 1 aliphatic rings. The summed E-state index contributed by atoms with van der Waals surface area (Å²) in [6, 6.07) is 0. The van der Waals surface area contributed by atoms with Gasteiger partial charge in [0.1, 0.15) is 0 Å². The second kappa shape index (κ2) is 2.62. The third kappa shape index (κ3) is 1.12. The molecule has 1 rings (SSSR count). The third-order valence-electron chi connectivity index (χ3n) is 0.986. The van der Waals surface area contributed by atoms with Crippen LogP contribution in [0.1, 0.15) is 0 Å². The Morgan fingerprint density at radius 3 is 2.70 bits per heavy atom. The highest BCUT2D eigenvalue weighted by Gasteiger charge is 2.42. The number of hydrogen-bond donors (Lipinski definition) is 2. The number of nitrogens with one attached hydrogen (secondary N) is 1. The minimum atomic E-state index is -1.62. The van der Waals surface area contributed by atoms with E-state index in [9.17, 15) is 4.79 Å². The molecule has 0 saturated carbocycles. The largest absolute Gasteiger partial charge is 0.479 e. The lowest BCUT2D eigenvalue weighted by atomic mass is 10.3. The molecule has 1 aliphatic heterocycles. The maximum Gasteiger partial charge on any atom is 0.346 e. The predicted molar refractivity (Wildman–Crippen MR) is 40.9 cm³/mol. The van der Waals surface area contributed by atoms with Crippen molar-refractivity contribution in [3.63, 3.8) is 0 Å². The molecular formula is C4H3Cl2NO2S. The fourth-order valence-corrected chi connectivity index (χ4v) is 1.71. The lowest BCUT2D eigenvalue weighted by Gasteiger charge is -2.14. The Morgan fingerprint density at radius 2 is 2.50 bits per heavy atom. The normalized spacial score (nSPS) is 32.0. The highest BCUT2D eigenvalue weighted by atomic mass is 35.5. The molecule has 3 nitrogen and oxygen atoms in total. The van der Waals surface area contributed by atoms with Crippen LogP contribution in [0.5, 0.6) is 0 Å². The van der Waals surface area contributed by atoms with E-state index in [0.29, 0.717) is 0 Å². The first-order chi connectivity index (χ1) is 4.57. The molecule has 0 aromatic heterocycles. The summed E-state index contributed by atoms with van der Waals surface area (Å²) >= 11 is 12.1. The van der Waals surface area contributed by atoms with Gasteiger partial charge < -0.3 is 5.11 Å². The van der Waals surface area contributed by atoms with E-state index in [1.54, 1.807) is 0 Å². The number of carbonyl (C=O) groups is 1. The Labute approximate surface area is 71.5 Å². The molecule has 0 fully saturated rings. The van der Waals surface area contributed by atoms with Crippen molar-refractivity contribution in [1.82, 2.24) is 4.72 Å². The van der Waals surface area contributed by atoms with Crippen molar-refractivity contribution in [2.45, 2.75) is 5.00 Å². The van der Waals surface area contributed by atoms with Crippen molar-refractivity contribution in [2.75, 3.05) is 0 Å². The average Bonchev–Trinajstić information content (AvgIpc) is 2.15. The topological polar surface area (TPSA) is 49.3 Å². The first kappa shape index (κ1) is 8.20. The van der Waals surface area contributed by atoms with Crippen LogP contribution < -0.4 is 4.72 Å². The Bertz CT molecular complexity index is 207. The van der Waals surface area contributed by atoms with Gasteiger partial charge in [0.05, 0.1) is 5.03 Å². The third-order valence-corrected chi connectivity index (χ3v) is 2.95. The zero-order chi connectivity index (χ0) is 7.78. The number of aliphatic carboxylic acids is 1. The zero-order valence-corrected chi connectivity index (χ0v) is 6.93. The first-order valence-corrected chi connectivity index (χ1v) is 3.92. The minimum Gasteiger partial charge on any atom is -0.479 e. The number of halogens is 2. The van der Waals surface area contributed by atoms with Crippen molar-refractivity contribution in [1.29, 1.82) is 0 Å². The molecule has 6 heteroatoms. The van der Waals surface area contributed by atoms with Gasteiger partial charge in [-0.15, -0.1) is 0 Å². The molecule has 2 N–H and O–H groups in total. The Morgan fingerprint density at radius 1 is 1.90 bits per heavy atom. The van der Waals surface area contributed by atoms with Gasteiger partial charge in [-0.25, -0.2) is 9.52 Å². The fraction of sp³-hybridized carbons (Fsp3) is 0.250. The lowest BCUT2D eigenvalue weighted by molar-refractivity contribution is -0.139. The first-order valence-electron chi connectivity index (χ1n) is 2.28. The van der Waals surface area contributed by atoms with Crippen molar-refractivity contribution in [2.24, 2.45) is 0 Å². The number of rotatable bonds is 1. The zero-order valence-electron chi connectivity index (χ0n) is 4.60. The molecule has 0 aliphatic carbocycles. The molecule has 56 valence electrons. The van der Waals surface area contributed by atoms with Crippen molar-refractivity contribution < 1.29 is 9.90 Å². The van der Waals surface area contributed by atoms with Gasteiger partial charge in [-0.3, -0.25) is 0 Å². The summed E-state index contributed by atoms with van der Waals surface area (Å²) < 4.78 is 2.44. The molecule has 0 amide bonds. The summed E-state index contributed by atoms with van der Waals surface area (Å²) in [6.45, 7) is 0. The Hall–Kier alpha value is 0.1000. The summed E-state index contributed by atoms with van der Waals surface area (Å²) in [4.78, 5) is 8.78. The molecule has 0 aromatic rings. The number of alkyl halides is 1. The molecular weight excluding hydrogens is 197 g/mol. The SMILES string of the molecule is O=C(O)C1(Cl)NSC=C1Cl. The summed E-state index contributed by atoms with van der Waals surface area (Å²) in [5, 5.41) is 10.0. The smallest absolute Gasteiger partial charge is 0.346 e. The van der Waals surface area contributed by atoms with Gasteiger partial charge in [0.25, 0.3) is 0 Å². The van der Waals surface area contributed by atoms with E-state index in [4.69, 9.17) is 28.3 Å². The van der Waals surface area contributed by atoms with Crippen LogP contribution in [-0.2, 0) is 4.79 Å². The molecule has 10 heavy (non-hydrogen) atoms. The molecule has 1 unspecified atom stereocenters. The monoisotopic (exact) mass is 199 g/mol. The van der Waals surface area contributed by atoms with Gasteiger partial charge in [0.15, 0.2) is 0 Å². The Kier molecular flexibility index (Phi) is 2.15. The van der Waals surface area contributed by atoms with Crippen LogP contribution in [0.25, 0.3) is 0 Å². The van der Waals surface area contributed by atoms with Gasteiger partial charge in [0.2, 0.25) is 5.00 Å². The minimum absolute atomic E-state index is 0.0895. The summed E-state index contributed by atoms with van der Waals surface area (Å²) in [7, 11) is 0. The summed E-state index contributed by atoms with van der Waals surface area (Å²) in [6.07, 6.45) is 0. The van der Waals surface area contributed by atoms with Gasteiger partial charge in [-0.2, -0.15) is 0 Å². The van der Waals surface area contributed by atoms with E-state index in [1.807, 2.05) is 0 Å². The van der Waals surface area contributed by atoms with E-state index in [2.05, 4.69) is 4.72 Å². The Balaban J connectivity index is 2.89. The average molecular weight is 200 g/mol. The second-order valence-corrected chi connectivity index (χ2v) is 3.30. The van der Waals surface area contributed by atoms with E-state index in [-0.39, 0.29) is 5.03 Å². The van der Waals surface area contributed by atoms with E-state index >= 15 is 0 Å². The van der Waals surface area contributed by atoms with Gasteiger partial charge >= 0.3 is 5.97 Å². The standard InChI is InChI=1S/C4H3Cl2NO2S/c5-2-1-10-7-4(2,6)3(8)9/h1,7H,(H,8,9). The van der Waals surface area contributed by atoms with Crippen LogP contribution in [0, 0.1) is 0 Å². The van der Waals surface area contributed by atoms with Crippen molar-refractivity contribution in [3.8, 4) is 0 Å². The molecule has 0 radical (unpaired) electrons. The maximum atomic E-state index is 10.4. The van der Waals surface area contributed by atoms with Gasteiger partial charge in [-0.1, -0.05) is 23.2 Å². The molecule has 0 bridgehead atoms. The second-order valence-electron chi connectivity index (χ2n) is 1.65. The van der Waals surface area contributed by atoms with E-state index < -0.39 is 11.0 Å². The van der Waals surface area contributed by atoms with E-state index in [0.717, 1.165) is 11.9 Å².